The zero-order valence-electron chi connectivity index (χ0n) is 21.7. The van der Waals surface area contributed by atoms with E-state index in [0.717, 1.165) is 57.2 Å². The quantitative estimate of drug-likeness (QED) is 0.514. The number of nitrogens with zero attached hydrogens (tertiary/aromatic N) is 3. The van der Waals surface area contributed by atoms with Crippen molar-refractivity contribution in [1.82, 2.24) is 20.6 Å². The number of aliphatic hydroxyl groups excluding tert-OH is 3. The van der Waals surface area contributed by atoms with Crippen molar-refractivity contribution in [1.29, 1.82) is 0 Å². The van der Waals surface area contributed by atoms with Crippen LogP contribution in [-0.2, 0) is 0 Å². The first-order valence-electron chi connectivity index (χ1n) is 13.9. The van der Waals surface area contributed by atoms with Gasteiger partial charge in [0.1, 0.15) is 0 Å². The van der Waals surface area contributed by atoms with Crippen LogP contribution in [0.3, 0.4) is 0 Å². The fraction of sp³-hybridized carbons (Fsp3) is 0.963. The van der Waals surface area contributed by atoms with E-state index >= 15 is 0 Å². The molecule has 1 heterocycles. The summed E-state index contributed by atoms with van der Waals surface area (Å²) in [6.45, 7) is 11.5. The van der Waals surface area contributed by atoms with Gasteiger partial charge in [-0.05, 0) is 97.2 Å². The summed E-state index contributed by atoms with van der Waals surface area (Å²) >= 11 is 0. The molecule has 34 heavy (non-hydrogen) atoms. The Morgan fingerprint density at radius 3 is 2.47 bits per heavy atom. The molecule has 1 aromatic heterocycles. The van der Waals surface area contributed by atoms with Crippen LogP contribution in [0.2, 0.25) is 0 Å². The second kappa shape index (κ2) is 8.81. The third kappa shape index (κ3) is 3.51. The Morgan fingerprint density at radius 2 is 1.79 bits per heavy atom. The number of aliphatic hydroxyl groups is 3. The van der Waals surface area contributed by atoms with E-state index in [9.17, 15) is 15.3 Å². The van der Waals surface area contributed by atoms with Crippen molar-refractivity contribution in [2.75, 3.05) is 0 Å². The van der Waals surface area contributed by atoms with Gasteiger partial charge >= 0.3 is 0 Å². The molecule has 4 unspecified atom stereocenters. The highest BCUT2D eigenvalue weighted by molar-refractivity contribution is 5.16. The number of aromatic amines is 1. The van der Waals surface area contributed by atoms with Gasteiger partial charge in [-0.15, -0.1) is 10.2 Å². The first-order chi connectivity index (χ1) is 16.1. The largest absolute Gasteiger partial charge is 0.393 e. The van der Waals surface area contributed by atoms with Gasteiger partial charge in [-0.2, -0.15) is 5.21 Å². The Hall–Kier alpha value is -1.05. The summed E-state index contributed by atoms with van der Waals surface area (Å²) in [5.74, 6) is 3.38. The summed E-state index contributed by atoms with van der Waals surface area (Å²) in [5.41, 5.74) is -0.0723. The van der Waals surface area contributed by atoms with Crippen molar-refractivity contribution in [3.8, 4) is 0 Å². The summed E-state index contributed by atoms with van der Waals surface area (Å²) in [7, 11) is 0. The molecule has 0 aromatic carbocycles. The SMILES string of the molecule is CC[C@H]1C(O)C2C3CC[C@H]([C@H](C)C[C@H](C)c4nn[nH]n4)[C@@]3(C)[C@@H](O)CC2[C@@]2(C)CC[C@@H](O)C[C@@H]12. The molecular formula is C27H46N4O3. The van der Waals surface area contributed by atoms with Crippen LogP contribution in [-0.4, -0.2) is 54.3 Å². The smallest absolute Gasteiger partial charge is 0.177 e. The maximum Gasteiger partial charge on any atom is 0.177 e. The van der Waals surface area contributed by atoms with E-state index in [1.54, 1.807) is 0 Å². The van der Waals surface area contributed by atoms with Crippen molar-refractivity contribution in [2.24, 2.45) is 52.3 Å². The van der Waals surface area contributed by atoms with Crippen LogP contribution >= 0.6 is 0 Å². The molecule has 1 aromatic rings. The van der Waals surface area contributed by atoms with Crippen LogP contribution in [0.5, 0.6) is 0 Å². The Balaban J connectivity index is 1.43. The van der Waals surface area contributed by atoms with Crippen LogP contribution in [0.25, 0.3) is 0 Å². The number of nitrogens with one attached hydrogen (secondary N) is 1. The maximum absolute atomic E-state index is 11.9. The third-order valence-corrected chi connectivity index (χ3v) is 11.8. The normalized spacial score (nSPS) is 50.2. The predicted octanol–water partition coefficient (Wildman–Crippen LogP) is 3.93. The van der Waals surface area contributed by atoms with Gasteiger partial charge in [-0.25, -0.2) is 0 Å². The molecule has 4 N–H and O–H groups in total. The van der Waals surface area contributed by atoms with E-state index in [1.807, 2.05) is 0 Å². The van der Waals surface area contributed by atoms with Crippen LogP contribution < -0.4 is 0 Å². The van der Waals surface area contributed by atoms with Crippen molar-refractivity contribution in [3.05, 3.63) is 5.82 Å². The van der Waals surface area contributed by atoms with Gasteiger partial charge in [-0.1, -0.05) is 46.3 Å². The van der Waals surface area contributed by atoms with Gasteiger partial charge < -0.3 is 15.3 Å². The average molecular weight is 475 g/mol. The zero-order valence-corrected chi connectivity index (χ0v) is 21.7. The van der Waals surface area contributed by atoms with Crippen molar-refractivity contribution in [2.45, 2.75) is 110 Å². The predicted molar refractivity (Wildman–Crippen MR) is 130 cm³/mol. The van der Waals surface area contributed by atoms with Gasteiger partial charge in [0.25, 0.3) is 0 Å². The maximum atomic E-state index is 11.9. The molecule has 5 rings (SSSR count). The lowest BCUT2D eigenvalue weighted by Crippen LogP contribution is -2.65. The number of fused-ring (bicyclic) bond motifs is 5. The highest BCUT2D eigenvalue weighted by atomic mass is 16.3. The number of tetrazole rings is 1. The minimum absolute atomic E-state index is 0.100. The van der Waals surface area contributed by atoms with Gasteiger partial charge in [0.15, 0.2) is 5.82 Å². The molecule has 0 radical (unpaired) electrons. The number of rotatable bonds is 5. The van der Waals surface area contributed by atoms with Gasteiger partial charge in [0, 0.05) is 5.92 Å². The number of aromatic nitrogens is 4. The summed E-state index contributed by atoms with van der Waals surface area (Å²) in [4.78, 5) is 0. The Kier molecular flexibility index (Phi) is 6.38. The molecule has 4 aliphatic rings. The third-order valence-electron chi connectivity index (χ3n) is 11.8. The highest BCUT2D eigenvalue weighted by Crippen LogP contribution is 2.69. The second-order valence-electron chi connectivity index (χ2n) is 13.1. The molecule has 0 saturated heterocycles. The van der Waals surface area contributed by atoms with Crippen LogP contribution in [0.1, 0.15) is 97.7 Å². The van der Waals surface area contributed by atoms with E-state index in [4.69, 9.17) is 0 Å². The van der Waals surface area contributed by atoms with Crippen LogP contribution in [0.4, 0.5) is 0 Å². The lowest BCUT2D eigenvalue weighted by atomic mass is 9.41. The standard InChI is InChI=1S/C27H46N4O3/c1-6-17-20-12-16(32)9-10-26(20,4)21-13-22(33)27(5)18(7-8-19(27)23(21)24(17)34)14(2)11-15(3)25-28-30-31-29-25/h14-24,32-34H,6-13H2,1-5H3,(H,28,29,30,31)/t14-,15+,16-,17-,18-,19?,20+,21?,22+,23?,24?,26+,27-/m1/s1. The molecule has 7 nitrogen and oxygen atoms in total. The molecule has 4 fully saturated rings. The fourth-order valence-corrected chi connectivity index (χ4v) is 10.1. The molecule has 0 aliphatic heterocycles. The lowest BCUT2D eigenvalue weighted by Gasteiger charge is -2.65. The average Bonchev–Trinajstić information content (AvgIpc) is 3.45. The van der Waals surface area contributed by atoms with Gasteiger partial charge in [-0.3, -0.25) is 0 Å². The summed E-state index contributed by atoms with van der Waals surface area (Å²) in [6.07, 6.45) is 6.70. The minimum atomic E-state index is -0.344. The fourth-order valence-electron chi connectivity index (χ4n) is 10.1. The van der Waals surface area contributed by atoms with E-state index in [1.165, 1.54) is 0 Å². The first kappa shape index (κ1) is 24.6. The number of hydrogen-bond acceptors (Lipinski definition) is 6. The minimum Gasteiger partial charge on any atom is -0.393 e. The summed E-state index contributed by atoms with van der Waals surface area (Å²) < 4.78 is 0. The summed E-state index contributed by atoms with van der Waals surface area (Å²) in [6, 6.07) is 0. The lowest BCUT2D eigenvalue weighted by molar-refractivity contribution is -0.228. The monoisotopic (exact) mass is 474 g/mol. The highest BCUT2D eigenvalue weighted by Gasteiger charge is 2.67. The van der Waals surface area contributed by atoms with E-state index in [-0.39, 0.29) is 46.9 Å². The number of H-pyrrole nitrogens is 1. The van der Waals surface area contributed by atoms with E-state index < -0.39 is 0 Å². The molecule has 0 spiro atoms. The van der Waals surface area contributed by atoms with Gasteiger partial charge in [0.05, 0.1) is 18.3 Å². The topological polar surface area (TPSA) is 115 Å². The first-order valence-corrected chi connectivity index (χ1v) is 13.9. The molecule has 7 heteroatoms. The van der Waals surface area contributed by atoms with E-state index in [0.29, 0.717) is 29.6 Å². The van der Waals surface area contributed by atoms with Crippen molar-refractivity contribution < 1.29 is 15.3 Å². The molecule has 13 atom stereocenters. The molecule has 0 bridgehead atoms. The Labute approximate surface area is 204 Å². The number of hydrogen-bond donors (Lipinski definition) is 4. The van der Waals surface area contributed by atoms with Crippen molar-refractivity contribution >= 4 is 0 Å². The molecule has 4 aliphatic carbocycles. The Morgan fingerprint density at radius 1 is 1.03 bits per heavy atom. The molecule has 0 amide bonds. The Bertz CT molecular complexity index is 851. The molecular weight excluding hydrogens is 428 g/mol. The van der Waals surface area contributed by atoms with Crippen molar-refractivity contribution in [3.63, 3.8) is 0 Å². The summed E-state index contributed by atoms with van der Waals surface area (Å²) in [5, 5.41) is 48.9. The van der Waals surface area contributed by atoms with E-state index in [2.05, 4.69) is 55.2 Å². The van der Waals surface area contributed by atoms with Crippen LogP contribution in [0.15, 0.2) is 0 Å². The zero-order chi connectivity index (χ0) is 24.4. The second-order valence-corrected chi connectivity index (χ2v) is 13.1. The molecule has 192 valence electrons. The van der Waals surface area contributed by atoms with Crippen LogP contribution in [0, 0.1) is 52.3 Å². The molecule has 4 saturated carbocycles. The van der Waals surface area contributed by atoms with Gasteiger partial charge in [0.2, 0.25) is 0 Å².